The van der Waals surface area contributed by atoms with E-state index in [-0.39, 0.29) is 31.7 Å². The highest BCUT2D eigenvalue weighted by atomic mass is 35.5. The van der Waals surface area contributed by atoms with E-state index in [9.17, 15) is 19.2 Å². The van der Waals surface area contributed by atoms with E-state index in [1.54, 1.807) is 24.3 Å². The number of hydrogen-bond donors (Lipinski definition) is 3. The zero-order valence-electron chi connectivity index (χ0n) is 12.6. The molecule has 0 bridgehead atoms. The highest BCUT2D eigenvalue weighted by Gasteiger charge is 2.38. The van der Waals surface area contributed by atoms with Gasteiger partial charge < -0.3 is 15.7 Å². The van der Waals surface area contributed by atoms with E-state index in [0.29, 0.717) is 10.7 Å². The Balaban J connectivity index is 1.88. The summed E-state index contributed by atoms with van der Waals surface area (Å²) in [4.78, 5) is 47.3. The molecule has 1 fully saturated rings. The summed E-state index contributed by atoms with van der Waals surface area (Å²) in [5, 5.41) is 13.9. The lowest BCUT2D eigenvalue weighted by atomic mass is 10.1. The van der Waals surface area contributed by atoms with Crippen LogP contribution in [0.1, 0.15) is 19.3 Å². The van der Waals surface area contributed by atoms with Crippen LogP contribution in [0.15, 0.2) is 24.3 Å². The van der Waals surface area contributed by atoms with Crippen molar-refractivity contribution in [3.8, 4) is 0 Å². The van der Waals surface area contributed by atoms with Crippen molar-refractivity contribution in [1.29, 1.82) is 0 Å². The summed E-state index contributed by atoms with van der Waals surface area (Å²) in [6.45, 7) is 0.0238. The monoisotopic (exact) mass is 353 g/mol. The van der Waals surface area contributed by atoms with Gasteiger partial charge >= 0.3 is 12.0 Å². The van der Waals surface area contributed by atoms with Crippen LogP contribution in [0, 0.1) is 0 Å². The average molecular weight is 354 g/mol. The highest BCUT2D eigenvalue weighted by Crippen LogP contribution is 2.23. The average Bonchev–Trinajstić information content (AvgIpc) is 2.80. The number of nitrogens with zero attached hydrogens (tertiary/aromatic N) is 1. The Morgan fingerprint density at radius 2 is 1.88 bits per heavy atom. The molecule has 128 valence electrons. The zero-order chi connectivity index (χ0) is 17.7. The second kappa shape index (κ2) is 7.78. The number of hydrogen-bond acceptors (Lipinski definition) is 4. The van der Waals surface area contributed by atoms with Gasteiger partial charge in [-0.25, -0.2) is 9.69 Å². The highest BCUT2D eigenvalue weighted by molar-refractivity contribution is 6.30. The quantitative estimate of drug-likeness (QED) is 0.635. The molecular formula is C15H16ClN3O5. The van der Waals surface area contributed by atoms with Crippen LogP contribution in [0.2, 0.25) is 5.02 Å². The molecule has 3 N–H and O–H groups in total. The van der Waals surface area contributed by atoms with Gasteiger partial charge in [-0.15, -0.1) is 0 Å². The summed E-state index contributed by atoms with van der Waals surface area (Å²) in [6, 6.07) is 4.90. The minimum absolute atomic E-state index is 0.00473. The van der Waals surface area contributed by atoms with E-state index in [1.807, 2.05) is 0 Å². The van der Waals surface area contributed by atoms with Gasteiger partial charge in [-0.2, -0.15) is 0 Å². The van der Waals surface area contributed by atoms with E-state index < -0.39 is 23.9 Å². The van der Waals surface area contributed by atoms with E-state index in [1.165, 1.54) is 0 Å². The fourth-order valence-corrected chi connectivity index (χ4v) is 2.36. The van der Waals surface area contributed by atoms with E-state index in [4.69, 9.17) is 16.7 Å². The molecule has 8 nitrogen and oxygen atoms in total. The van der Waals surface area contributed by atoms with Crippen molar-refractivity contribution in [2.75, 3.05) is 11.4 Å². The first-order chi connectivity index (χ1) is 11.4. The van der Waals surface area contributed by atoms with Crippen LogP contribution in [0.3, 0.4) is 0 Å². The normalized spacial score (nSPS) is 16.9. The number of urea groups is 1. The molecule has 1 aromatic rings. The Morgan fingerprint density at radius 1 is 1.21 bits per heavy atom. The SMILES string of the molecule is O=C(O)CCNC(=O)CC[C@@H]1NC(=O)N(c2ccc(Cl)cc2)C1=O. The molecule has 0 saturated carbocycles. The number of carboxylic acids is 1. The van der Waals surface area contributed by atoms with Crippen LogP contribution >= 0.6 is 11.6 Å². The van der Waals surface area contributed by atoms with Gasteiger partial charge in [-0.1, -0.05) is 11.6 Å². The van der Waals surface area contributed by atoms with Gasteiger partial charge in [0.1, 0.15) is 6.04 Å². The number of carboxylic acid groups (broad SMARTS) is 1. The maximum atomic E-state index is 12.3. The summed E-state index contributed by atoms with van der Waals surface area (Å²) in [5.41, 5.74) is 0.398. The second-order valence-electron chi connectivity index (χ2n) is 5.18. The van der Waals surface area contributed by atoms with Gasteiger partial charge in [-0.3, -0.25) is 14.4 Å². The van der Waals surface area contributed by atoms with Crippen LogP contribution in [-0.4, -0.2) is 41.5 Å². The molecule has 1 aliphatic rings. The number of carbonyl (C=O) groups is 4. The van der Waals surface area contributed by atoms with Crippen molar-refractivity contribution in [3.05, 3.63) is 29.3 Å². The molecule has 1 saturated heterocycles. The van der Waals surface area contributed by atoms with Gasteiger partial charge in [0, 0.05) is 18.0 Å². The van der Waals surface area contributed by atoms with Crippen molar-refractivity contribution < 1.29 is 24.3 Å². The molecule has 24 heavy (non-hydrogen) atoms. The molecular weight excluding hydrogens is 338 g/mol. The van der Waals surface area contributed by atoms with Crippen LogP contribution in [0.25, 0.3) is 0 Å². The minimum atomic E-state index is -1.01. The van der Waals surface area contributed by atoms with Crippen LogP contribution < -0.4 is 15.5 Å². The second-order valence-corrected chi connectivity index (χ2v) is 5.62. The lowest BCUT2D eigenvalue weighted by Gasteiger charge is -2.13. The standard InChI is InChI=1S/C15H16ClN3O5/c16-9-1-3-10(4-2-9)19-14(23)11(18-15(19)24)5-6-12(20)17-8-7-13(21)22/h1-4,11H,5-8H2,(H,17,20)(H,18,24)(H,21,22)/t11-/m0/s1. The van der Waals surface area contributed by atoms with Crippen LogP contribution in [0.5, 0.6) is 0 Å². The van der Waals surface area contributed by atoms with E-state index in [0.717, 1.165) is 4.90 Å². The molecule has 0 spiro atoms. The maximum Gasteiger partial charge on any atom is 0.329 e. The molecule has 0 radical (unpaired) electrons. The first-order valence-electron chi connectivity index (χ1n) is 7.27. The number of aliphatic carboxylic acids is 1. The number of rotatable bonds is 7. The molecule has 1 heterocycles. The first-order valence-corrected chi connectivity index (χ1v) is 7.65. The fraction of sp³-hybridized carbons (Fsp3) is 0.333. The molecule has 0 aliphatic carbocycles. The number of anilines is 1. The Kier molecular flexibility index (Phi) is 5.75. The summed E-state index contributed by atoms with van der Waals surface area (Å²) >= 11 is 5.78. The van der Waals surface area contributed by atoms with Gasteiger partial charge in [0.2, 0.25) is 5.91 Å². The van der Waals surface area contributed by atoms with Gasteiger partial charge in [0.15, 0.2) is 0 Å². The van der Waals surface area contributed by atoms with Crippen LogP contribution in [-0.2, 0) is 14.4 Å². The Hall–Kier alpha value is -2.61. The first kappa shape index (κ1) is 17.7. The third kappa shape index (κ3) is 4.45. The predicted octanol–water partition coefficient (Wildman–Crippen LogP) is 1.14. The molecule has 0 unspecified atom stereocenters. The lowest BCUT2D eigenvalue weighted by Crippen LogP contribution is -2.33. The molecule has 0 aromatic heterocycles. The van der Waals surface area contributed by atoms with Gasteiger partial charge in [0.25, 0.3) is 5.91 Å². The van der Waals surface area contributed by atoms with E-state index in [2.05, 4.69) is 10.6 Å². The van der Waals surface area contributed by atoms with Gasteiger partial charge in [-0.05, 0) is 30.7 Å². The molecule has 4 amide bonds. The Morgan fingerprint density at radius 3 is 2.50 bits per heavy atom. The Labute approximate surface area is 142 Å². The number of amides is 4. The maximum absolute atomic E-state index is 12.3. The topological polar surface area (TPSA) is 116 Å². The summed E-state index contributed by atoms with van der Waals surface area (Å²) in [6.07, 6.45) is -0.0342. The number of benzene rings is 1. The number of imide groups is 1. The largest absolute Gasteiger partial charge is 0.481 e. The van der Waals surface area contributed by atoms with E-state index >= 15 is 0 Å². The summed E-state index contributed by atoms with van der Waals surface area (Å²) < 4.78 is 0. The number of nitrogens with one attached hydrogen (secondary N) is 2. The molecule has 1 aromatic carbocycles. The summed E-state index contributed by atoms with van der Waals surface area (Å²) in [5.74, 6) is -1.82. The number of carbonyl (C=O) groups excluding carboxylic acids is 3. The molecule has 1 atom stereocenters. The third-order valence-corrected chi connectivity index (χ3v) is 3.68. The Bertz CT molecular complexity index is 662. The molecule has 9 heteroatoms. The fourth-order valence-electron chi connectivity index (χ4n) is 2.23. The van der Waals surface area contributed by atoms with Crippen molar-refractivity contribution in [2.45, 2.75) is 25.3 Å². The zero-order valence-corrected chi connectivity index (χ0v) is 13.4. The van der Waals surface area contributed by atoms with Crippen molar-refractivity contribution in [3.63, 3.8) is 0 Å². The third-order valence-electron chi connectivity index (χ3n) is 3.43. The smallest absolute Gasteiger partial charge is 0.329 e. The van der Waals surface area contributed by atoms with Crippen molar-refractivity contribution in [2.24, 2.45) is 0 Å². The predicted molar refractivity (Wildman–Crippen MR) is 85.8 cm³/mol. The van der Waals surface area contributed by atoms with Crippen LogP contribution in [0.4, 0.5) is 10.5 Å². The van der Waals surface area contributed by atoms with Crippen molar-refractivity contribution >= 4 is 41.1 Å². The lowest BCUT2D eigenvalue weighted by molar-refractivity contribution is -0.137. The minimum Gasteiger partial charge on any atom is -0.481 e. The molecule has 2 rings (SSSR count). The van der Waals surface area contributed by atoms with Crippen molar-refractivity contribution in [1.82, 2.24) is 10.6 Å². The summed E-state index contributed by atoms with van der Waals surface area (Å²) in [7, 11) is 0. The number of halogens is 1. The van der Waals surface area contributed by atoms with Gasteiger partial charge in [0.05, 0.1) is 12.1 Å². The molecule has 1 aliphatic heterocycles.